The number of benzene rings is 1. The van der Waals surface area contributed by atoms with E-state index in [9.17, 15) is 22.8 Å². The molecule has 1 aromatic carbocycles. The average Bonchev–Trinajstić information content (AvgIpc) is 3.29. The molecule has 0 spiro atoms. The van der Waals surface area contributed by atoms with Crippen LogP contribution in [0.5, 0.6) is 0 Å². The molecule has 0 atom stereocenters. The summed E-state index contributed by atoms with van der Waals surface area (Å²) >= 11 is 0.945. The molecule has 9 heteroatoms. The van der Waals surface area contributed by atoms with Crippen LogP contribution in [0.4, 0.5) is 18.9 Å². The van der Waals surface area contributed by atoms with Crippen LogP contribution in [-0.2, 0) is 17.5 Å². The average molecular weight is 433 g/mol. The zero-order valence-electron chi connectivity index (χ0n) is 16.0. The summed E-state index contributed by atoms with van der Waals surface area (Å²) in [5.74, 6) is -0.283. The Bertz CT molecular complexity index is 1140. The molecule has 2 aromatic heterocycles. The molecule has 156 valence electrons. The van der Waals surface area contributed by atoms with Gasteiger partial charge in [0.1, 0.15) is 10.5 Å². The van der Waals surface area contributed by atoms with Crippen molar-refractivity contribution in [2.75, 3.05) is 11.4 Å². The van der Waals surface area contributed by atoms with Crippen LogP contribution in [0.2, 0.25) is 0 Å². The lowest BCUT2D eigenvalue weighted by Gasteiger charge is -2.16. The van der Waals surface area contributed by atoms with Gasteiger partial charge in [-0.2, -0.15) is 13.2 Å². The van der Waals surface area contributed by atoms with Crippen molar-refractivity contribution in [1.82, 2.24) is 10.3 Å². The maximum absolute atomic E-state index is 12.9. The van der Waals surface area contributed by atoms with E-state index in [0.29, 0.717) is 28.8 Å². The van der Waals surface area contributed by atoms with Gasteiger partial charge in [0, 0.05) is 30.6 Å². The van der Waals surface area contributed by atoms with Crippen molar-refractivity contribution < 1.29 is 22.8 Å². The minimum atomic E-state index is -4.53. The van der Waals surface area contributed by atoms with Gasteiger partial charge in [-0.05, 0) is 48.7 Å². The van der Waals surface area contributed by atoms with E-state index < -0.39 is 11.9 Å². The summed E-state index contributed by atoms with van der Waals surface area (Å²) in [6.07, 6.45) is -3.17. The van der Waals surface area contributed by atoms with Crippen LogP contribution in [0.1, 0.15) is 39.3 Å². The SMILES string of the molecule is Cc1c(C(=O)NCc2cccc(N3CCCC3=O)c2)sc2nc(C(F)(F)F)ccc12. The number of nitrogens with zero attached hydrogens (tertiary/aromatic N) is 2. The molecular weight excluding hydrogens is 415 g/mol. The highest BCUT2D eigenvalue weighted by Crippen LogP contribution is 2.34. The Kier molecular flexibility index (Phi) is 5.23. The highest BCUT2D eigenvalue weighted by atomic mass is 32.1. The summed E-state index contributed by atoms with van der Waals surface area (Å²) in [5.41, 5.74) is 1.25. The van der Waals surface area contributed by atoms with Gasteiger partial charge in [-0.1, -0.05) is 12.1 Å². The van der Waals surface area contributed by atoms with Gasteiger partial charge in [0.15, 0.2) is 0 Å². The highest BCUT2D eigenvalue weighted by Gasteiger charge is 2.33. The van der Waals surface area contributed by atoms with Gasteiger partial charge in [0.2, 0.25) is 5.91 Å². The number of nitrogens with one attached hydrogen (secondary N) is 1. The number of fused-ring (bicyclic) bond motifs is 1. The number of pyridine rings is 1. The Balaban J connectivity index is 1.51. The molecular formula is C21H18F3N3O2S. The van der Waals surface area contributed by atoms with Crippen molar-refractivity contribution in [2.24, 2.45) is 0 Å². The molecule has 1 N–H and O–H groups in total. The van der Waals surface area contributed by atoms with Crippen molar-refractivity contribution in [3.05, 3.63) is 58.1 Å². The predicted molar refractivity (Wildman–Crippen MR) is 109 cm³/mol. The lowest BCUT2D eigenvalue weighted by atomic mass is 10.1. The lowest BCUT2D eigenvalue weighted by molar-refractivity contribution is -0.140. The van der Waals surface area contributed by atoms with E-state index in [1.54, 1.807) is 11.8 Å². The molecule has 30 heavy (non-hydrogen) atoms. The zero-order chi connectivity index (χ0) is 21.5. The summed E-state index contributed by atoms with van der Waals surface area (Å²) in [7, 11) is 0. The molecule has 0 saturated carbocycles. The van der Waals surface area contributed by atoms with E-state index >= 15 is 0 Å². The van der Waals surface area contributed by atoms with Gasteiger partial charge in [-0.15, -0.1) is 11.3 Å². The van der Waals surface area contributed by atoms with Crippen molar-refractivity contribution in [3.63, 3.8) is 0 Å². The maximum atomic E-state index is 12.9. The monoisotopic (exact) mass is 433 g/mol. The zero-order valence-corrected chi connectivity index (χ0v) is 16.9. The van der Waals surface area contributed by atoms with Crippen LogP contribution in [-0.4, -0.2) is 23.3 Å². The van der Waals surface area contributed by atoms with Gasteiger partial charge < -0.3 is 10.2 Å². The molecule has 1 fully saturated rings. The second-order valence-corrected chi connectivity index (χ2v) is 8.10. The molecule has 3 heterocycles. The van der Waals surface area contributed by atoms with E-state index in [4.69, 9.17) is 0 Å². The largest absolute Gasteiger partial charge is 0.433 e. The summed E-state index contributed by atoms with van der Waals surface area (Å²) in [6.45, 7) is 2.62. The second kappa shape index (κ2) is 7.71. The number of thiophene rings is 1. The minimum Gasteiger partial charge on any atom is -0.347 e. The topological polar surface area (TPSA) is 62.3 Å². The molecule has 1 aliphatic heterocycles. The third kappa shape index (κ3) is 3.89. The Morgan fingerprint density at radius 2 is 2.07 bits per heavy atom. The first-order chi connectivity index (χ1) is 14.2. The normalized spacial score (nSPS) is 14.5. The maximum Gasteiger partial charge on any atom is 0.433 e. The van der Waals surface area contributed by atoms with E-state index in [2.05, 4.69) is 10.3 Å². The Labute approximate surface area is 174 Å². The number of halogens is 3. The molecule has 5 nitrogen and oxygen atoms in total. The fourth-order valence-electron chi connectivity index (χ4n) is 3.49. The number of carbonyl (C=O) groups excluding carboxylic acids is 2. The first-order valence-corrected chi connectivity index (χ1v) is 10.2. The first kappa shape index (κ1) is 20.3. The van der Waals surface area contributed by atoms with Crippen LogP contribution in [0.15, 0.2) is 36.4 Å². The Morgan fingerprint density at radius 3 is 2.77 bits per heavy atom. The number of alkyl halides is 3. The summed E-state index contributed by atoms with van der Waals surface area (Å²) in [6, 6.07) is 9.67. The van der Waals surface area contributed by atoms with Crippen LogP contribution in [0.25, 0.3) is 10.2 Å². The van der Waals surface area contributed by atoms with Crippen molar-refractivity contribution >= 4 is 39.1 Å². The number of aryl methyl sites for hydroxylation is 1. The van der Waals surface area contributed by atoms with Crippen LogP contribution < -0.4 is 10.2 Å². The van der Waals surface area contributed by atoms with Crippen LogP contribution in [0.3, 0.4) is 0 Å². The Hall–Kier alpha value is -2.94. The second-order valence-electron chi connectivity index (χ2n) is 7.10. The third-order valence-corrected chi connectivity index (χ3v) is 6.25. The number of aromatic nitrogens is 1. The Morgan fingerprint density at radius 1 is 1.27 bits per heavy atom. The smallest absolute Gasteiger partial charge is 0.347 e. The standard InChI is InChI=1S/C21H18F3N3O2S/c1-12-15-7-8-16(21(22,23)24)26-20(15)30-18(12)19(29)25-11-13-4-2-5-14(10-13)27-9-3-6-17(27)28/h2,4-5,7-8,10H,3,6,9,11H2,1H3,(H,25,29). The number of amides is 2. The van der Waals surface area contributed by atoms with Crippen LogP contribution >= 0.6 is 11.3 Å². The van der Waals surface area contributed by atoms with Gasteiger partial charge in [-0.25, -0.2) is 4.98 Å². The van der Waals surface area contributed by atoms with E-state index in [1.807, 2.05) is 24.3 Å². The molecule has 0 unspecified atom stereocenters. The molecule has 1 saturated heterocycles. The lowest BCUT2D eigenvalue weighted by Crippen LogP contribution is -2.25. The molecule has 1 aliphatic rings. The number of hydrogen-bond acceptors (Lipinski definition) is 4. The molecule has 4 rings (SSSR count). The first-order valence-electron chi connectivity index (χ1n) is 9.39. The fraction of sp³-hybridized carbons (Fsp3) is 0.286. The molecule has 0 bridgehead atoms. The number of hydrogen-bond donors (Lipinski definition) is 1. The van der Waals surface area contributed by atoms with Crippen molar-refractivity contribution in [1.29, 1.82) is 0 Å². The molecule has 0 aliphatic carbocycles. The van der Waals surface area contributed by atoms with E-state index in [-0.39, 0.29) is 23.2 Å². The van der Waals surface area contributed by atoms with E-state index in [1.165, 1.54) is 6.07 Å². The number of carbonyl (C=O) groups is 2. The minimum absolute atomic E-state index is 0.0859. The van der Waals surface area contributed by atoms with Crippen molar-refractivity contribution in [3.8, 4) is 0 Å². The van der Waals surface area contributed by atoms with Gasteiger partial charge >= 0.3 is 6.18 Å². The van der Waals surface area contributed by atoms with Crippen LogP contribution in [0, 0.1) is 6.92 Å². The quantitative estimate of drug-likeness (QED) is 0.650. The van der Waals surface area contributed by atoms with Crippen molar-refractivity contribution in [2.45, 2.75) is 32.5 Å². The number of rotatable bonds is 4. The van der Waals surface area contributed by atoms with Gasteiger partial charge in [0.25, 0.3) is 5.91 Å². The summed E-state index contributed by atoms with van der Waals surface area (Å²) in [5, 5.41) is 3.34. The highest BCUT2D eigenvalue weighted by molar-refractivity contribution is 7.20. The predicted octanol–water partition coefficient (Wildman–Crippen LogP) is 4.68. The summed E-state index contributed by atoms with van der Waals surface area (Å²) in [4.78, 5) is 30.5. The van der Waals surface area contributed by atoms with Gasteiger partial charge in [-0.3, -0.25) is 9.59 Å². The molecule has 2 amide bonds. The third-order valence-electron chi connectivity index (χ3n) is 5.05. The number of anilines is 1. The molecule has 3 aromatic rings. The fourth-order valence-corrected chi connectivity index (χ4v) is 4.59. The summed E-state index contributed by atoms with van der Waals surface area (Å²) < 4.78 is 38.7. The van der Waals surface area contributed by atoms with Gasteiger partial charge in [0.05, 0.1) is 4.88 Å². The van der Waals surface area contributed by atoms with E-state index in [0.717, 1.165) is 35.1 Å². The molecule has 0 radical (unpaired) electrons.